The zero-order valence-corrected chi connectivity index (χ0v) is 13.4. The second-order valence-corrected chi connectivity index (χ2v) is 7.08. The van der Waals surface area contributed by atoms with E-state index in [9.17, 15) is 17.8 Å². The third kappa shape index (κ3) is 5.79. The van der Waals surface area contributed by atoms with E-state index in [-0.39, 0.29) is 12.8 Å². The Morgan fingerprint density at radius 3 is 1.75 bits per heavy atom. The molecule has 0 radical (unpaired) electrons. The summed E-state index contributed by atoms with van der Waals surface area (Å²) in [7, 11) is -4.58. The average molecular weight is 308 g/mol. The second kappa shape index (κ2) is 9.34. The Balaban J connectivity index is 4.15. The predicted molar refractivity (Wildman–Crippen MR) is 79.4 cm³/mol. The molecule has 2 N–H and O–H groups in total. The molecule has 0 saturated carbocycles. The van der Waals surface area contributed by atoms with Crippen molar-refractivity contribution in [3.8, 4) is 0 Å². The van der Waals surface area contributed by atoms with Crippen LogP contribution < -0.4 is 0 Å². The van der Waals surface area contributed by atoms with E-state index in [4.69, 9.17) is 5.11 Å². The number of hydrogen-bond donors (Lipinski definition) is 2. The van der Waals surface area contributed by atoms with Gasteiger partial charge in [0.2, 0.25) is 0 Å². The van der Waals surface area contributed by atoms with Gasteiger partial charge in [0.05, 0.1) is 0 Å². The number of aliphatic carboxylic acids is 1. The normalized spacial score (nSPS) is 14.9. The molecular weight excluding hydrogens is 280 g/mol. The maximum Gasteiger partial charge on any atom is 0.327 e. The largest absolute Gasteiger partial charge is 0.480 e. The molecule has 0 aromatic heterocycles. The van der Waals surface area contributed by atoms with Crippen molar-refractivity contribution in [3.05, 3.63) is 0 Å². The zero-order valence-electron chi connectivity index (χ0n) is 12.6. The highest BCUT2D eigenvalue weighted by Crippen LogP contribution is 2.28. The molecule has 0 aromatic rings. The highest BCUT2D eigenvalue weighted by Gasteiger charge is 2.48. The molecule has 0 amide bonds. The van der Waals surface area contributed by atoms with E-state index in [2.05, 4.69) is 6.92 Å². The maximum absolute atomic E-state index is 11.3. The van der Waals surface area contributed by atoms with Crippen LogP contribution in [0.25, 0.3) is 0 Å². The van der Waals surface area contributed by atoms with Crippen molar-refractivity contribution >= 4 is 16.1 Å². The summed E-state index contributed by atoms with van der Waals surface area (Å²) in [5.74, 6) is -1.45. The summed E-state index contributed by atoms with van der Waals surface area (Å²) in [5, 5.41) is 9.12. The van der Waals surface area contributed by atoms with Crippen LogP contribution in [-0.4, -0.2) is 28.8 Å². The standard InChI is InChI=1S/C14H28O5S/c1-3-5-6-7-8-9-10-11-12-14(4-2,13(15)16)20(17,18)19/h3-12H2,1-2H3,(H,15,16)(H,17,18,19). The van der Waals surface area contributed by atoms with Gasteiger partial charge < -0.3 is 5.11 Å². The van der Waals surface area contributed by atoms with E-state index in [0.717, 1.165) is 19.3 Å². The van der Waals surface area contributed by atoms with E-state index >= 15 is 0 Å². The maximum atomic E-state index is 11.3. The fraction of sp³-hybridized carbons (Fsp3) is 0.929. The number of carboxylic acids is 1. The molecule has 0 aromatic carbocycles. The first-order valence-corrected chi connectivity index (χ1v) is 8.96. The summed E-state index contributed by atoms with van der Waals surface area (Å²) in [4.78, 5) is 11.2. The highest BCUT2D eigenvalue weighted by atomic mass is 32.2. The number of unbranched alkanes of at least 4 members (excludes halogenated alkanes) is 7. The van der Waals surface area contributed by atoms with Gasteiger partial charge in [0.1, 0.15) is 0 Å². The van der Waals surface area contributed by atoms with Gasteiger partial charge in [-0.3, -0.25) is 9.35 Å². The van der Waals surface area contributed by atoms with Crippen LogP contribution in [0.15, 0.2) is 0 Å². The molecular formula is C14H28O5S. The molecule has 120 valence electrons. The molecule has 0 aliphatic heterocycles. The molecule has 0 rings (SSSR count). The first kappa shape index (κ1) is 19.4. The van der Waals surface area contributed by atoms with Gasteiger partial charge in [-0.1, -0.05) is 65.2 Å². The molecule has 0 aliphatic carbocycles. The molecule has 5 nitrogen and oxygen atoms in total. The number of hydrogen-bond acceptors (Lipinski definition) is 3. The van der Waals surface area contributed by atoms with E-state index in [0.29, 0.717) is 6.42 Å². The lowest BCUT2D eigenvalue weighted by Gasteiger charge is -2.24. The van der Waals surface area contributed by atoms with Crippen LogP contribution in [-0.2, 0) is 14.9 Å². The van der Waals surface area contributed by atoms with Crippen molar-refractivity contribution in [2.45, 2.75) is 82.8 Å². The van der Waals surface area contributed by atoms with Crippen LogP contribution in [0.3, 0.4) is 0 Å². The van der Waals surface area contributed by atoms with Crippen LogP contribution in [0, 0.1) is 0 Å². The minimum atomic E-state index is -4.58. The average Bonchev–Trinajstić information content (AvgIpc) is 2.35. The SMILES string of the molecule is CCCCCCCCCCC(CC)(C(=O)O)S(=O)(=O)O. The van der Waals surface area contributed by atoms with Gasteiger partial charge in [-0.15, -0.1) is 0 Å². The molecule has 0 aliphatic rings. The fourth-order valence-electron chi connectivity index (χ4n) is 2.40. The van der Waals surface area contributed by atoms with Crippen molar-refractivity contribution in [1.82, 2.24) is 0 Å². The van der Waals surface area contributed by atoms with E-state index < -0.39 is 20.8 Å². The summed E-state index contributed by atoms with van der Waals surface area (Å²) in [6.07, 6.45) is 8.08. The summed E-state index contributed by atoms with van der Waals surface area (Å²) in [6, 6.07) is 0. The Hall–Kier alpha value is -0.620. The number of carboxylic acid groups (broad SMARTS) is 1. The Morgan fingerprint density at radius 2 is 1.40 bits per heavy atom. The van der Waals surface area contributed by atoms with Gasteiger partial charge in [0.25, 0.3) is 10.1 Å². The molecule has 0 fully saturated rings. The number of rotatable bonds is 12. The molecule has 0 bridgehead atoms. The molecule has 6 heteroatoms. The molecule has 0 saturated heterocycles. The van der Waals surface area contributed by atoms with E-state index in [1.54, 1.807) is 0 Å². The van der Waals surface area contributed by atoms with Gasteiger partial charge in [0, 0.05) is 0 Å². The van der Waals surface area contributed by atoms with Crippen molar-refractivity contribution < 1.29 is 22.9 Å². The molecule has 0 spiro atoms. The lowest BCUT2D eigenvalue weighted by atomic mass is 9.97. The van der Waals surface area contributed by atoms with Crippen molar-refractivity contribution in [2.24, 2.45) is 0 Å². The van der Waals surface area contributed by atoms with Crippen molar-refractivity contribution in [2.75, 3.05) is 0 Å². The van der Waals surface area contributed by atoms with Crippen LogP contribution in [0.5, 0.6) is 0 Å². The lowest BCUT2D eigenvalue weighted by Crippen LogP contribution is -2.45. The third-order valence-corrected chi connectivity index (χ3v) is 5.54. The Morgan fingerprint density at radius 1 is 0.950 bits per heavy atom. The Bertz CT molecular complexity index is 377. The topological polar surface area (TPSA) is 91.7 Å². The van der Waals surface area contributed by atoms with Gasteiger partial charge in [0.15, 0.2) is 4.75 Å². The summed E-state index contributed by atoms with van der Waals surface area (Å²) in [6.45, 7) is 3.64. The monoisotopic (exact) mass is 308 g/mol. The van der Waals surface area contributed by atoms with Crippen LogP contribution in [0.4, 0.5) is 0 Å². The third-order valence-electron chi connectivity index (χ3n) is 3.89. The molecule has 20 heavy (non-hydrogen) atoms. The molecule has 0 heterocycles. The minimum absolute atomic E-state index is 0.0212. The van der Waals surface area contributed by atoms with Gasteiger partial charge >= 0.3 is 5.97 Å². The van der Waals surface area contributed by atoms with E-state index in [1.807, 2.05) is 0 Å². The quantitative estimate of drug-likeness (QED) is 0.424. The van der Waals surface area contributed by atoms with E-state index in [1.165, 1.54) is 32.6 Å². The fourth-order valence-corrected chi connectivity index (χ4v) is 3.39. The predicted octanol–water partition coefficient (Wildman–Crippen LogP) is 3.64. The summed E-state index contributed by atoms with van der Waals surface area (Å²) >= 11 is 0. The van der Waals surface area contributed by atoms with Crippen LogP contribution in [0.1, 0.15) is 78.1 Å². The number of carbonyl (C=O) groups is 1. The highest BCUT2D eigenvalue weighted by molar-refractivity contribution is 7.88. The van der Waals surface area contributed by atoms with Gasteiger partial charge in [-0.2, -0.15) is 8.42 Å². The first-order chi connectivity index (χ1) is 9.31. The minimum Gasteiger partial charge on any atom is -0.480 e. The second-order valence-electron chi connectivity index (χ2n) is 5.35. The summed E-state index contributed by atoms with van der Waals surface area (Å²) in [5.41, 5.74) is 0. The molecule has 1 atom stereocenters. The van der Waals surface area contributed by atoms with Crippen LogP contribution >= 0.6 is 0 Å². The smallest absolute Gasteiger partial charge is 0.327 e. The molecule has 1 unspecified atom stereocenters. The van der Waals surface area contributed by atoms with Crippen molar-refractivity contribution in [3.63, 3.8) is 0 Å². The lowest BCUT2D eigenvalue weighted by molar-refractivity contribution is -0.140. The van der Waals surface area contributed by atoms with Gasteiger partial charge in [-0.05, 0) is 12.8 Å². The Kier molecular flexibility index (Phi) is 9.05. The Labute approximate surface area is 122 Å². The summed E-state index contributed by atoms with van der Waals surface area (Å²) < 4.78 is 29.8. The zero-order chi connectivity index (χ0) is 15.6. The van der Waals surface area contributed by atoms with Crippen LogP contribution in [0.2, 0.25) is 0 Å². The first-order valence-electron chi connectivity index (χ1n) is 7.52. The van der Waals surface area contributed by atoms with Crippen molar-refractivity contribution in [1.29, 1.82) is 0 Å². The van der Waals surface area contributed by atoms with Gasteiger partial charge in [-0.25, -0.2) is 0 Å².